The van der Waals surface area contributed by atoms with Gasteiger partial charge in [-0.05, 0) is 61.4 Å². The number of benzene rings is 2. The molecule has 5 rings (SSSR count). The van der Waals surface area contributed by atoms with Gasteiger partial charge in [0.05, 0.1) is 28.8 Å². The molecule has 2 heterocycles. The third-order valence-electron chi connectivity index (χ3n) is 5.97. The normalized spacial score (nSPS) is 14.7. The van der Waals surface area contributed by atoms with Crippen molar-refractivity contribution in [2.75, 3.05) is 0 Å². The Labute approximate surface area is 185 Å². The van der Waals surface area contributed by atoms with Gasteiger partial charge in [-0.3, -0.25) is 4.79 Å². The van der Waals surface area contributed by atoms with E-state index in [9.17, 15) is 4.79 Å². The summed E-state index contributed by atoms with van der Waals surface area (Å²) in [4.78, 5) is 18.1. The van der Waals surface area contributed by atoms with Crippen molar-refractivity contribution in [3.8, 4) is 17.4 Å². The average molecular weight is 422 g/mol. The molecule has 0 aliphatic heterocycles. The highest BCUT2D eigenvalue weighted by atomic mass is 16.3. The van der Waals surface area contributed by atoms with E-state index in [-0.39, 0.29) is 11.5 Å². The highest BCUT2D eigenvalue weighted by Gasteiger charge is 2.22. The largest absolute Gasteiger partial charge is 0.455 e. The van der Waals surface area contributed by atoms with Crippen LogP contribution >= 0.6 is 0 Å². The number of rotatable bonds is 4. The van der Waals surface area contributed by atoms with Gasteiger partial charge in [0.2, 0.25) is 0 Å². The van der Waals surface area contributed by atoms with Crippen LogP contribution in [0.25, 0.3) is 22.2 Å². The molecule has 1 saturated carbocycles. The average Bonchev–Trinajstić information content (AvgIpc) is 3.33. The Balaban J connectivity index is 1.52. The van der Waals surface area contributed by atoms with Gasteiger partial charge >= 0.3 is 0 Å². The van der Waals surface area contributed by atoms with E-state index in [1.807, 2.05) is 42.5 Å². The Hall–Kier alpha value is -3.98. The zero-order chi connectivity index (χ0) is 21.9. The minimum absolute atomic E-state index is 0.161. The van der Waals surface area contributed by atoms with Crippen LogP contribution < -0.4 is 5.56 Å². The summed E-state index contributed by atoms with van der Waals surface area (Å²) in [6.07, 6.45) is 7.11. The van der Waals surface area contributed by atoms with E-state index < -0.39 is 0 Å². The molecule has 1 aliphatic carbocycles. The van der Waals surface area contributed by atoms with E-state index in [1.54, 1.807) is 24.4 Å². The van der Waals surface area contributed by atoms with Crippen molar-refractivity contribution in [3.05, 3.63) is 88.2 Å². The quantitative estimate of drug-likeness (QED) is 0.409. The van der Waals surface area contributed by atoms with Gasteiger partial charge in [0, 0.05) is 11.5 Å². The molecule has 4 aromatic rings. The topological polar surface area (TPSA) is 84.2 Å². The summed E-state index contributed by atoms with van der Waals surface area (Å²) in [5.41, 5.74) is 2.02. The molecular formula is C26H22N4O2. The summed E-state index contributed by atoms with van der Waals surface area (Å²) < 4.78 is 7.36. The minimum atomic E-state index is -0.161. The lowest BCUT2D eigenvalue weighted by atomic mass is 9.88. The molecule has 2 aromatic carbocycles. The molecule has 6 nitrogen and oxygen atoms in total. The van der Waals surface area contributed by atoms with Gasteiger partial charge in [-0.25, -0.2) is 4.98 Å². The first-order valence-corrected chi connectivity index (χ1v) is 10.9. The molecule has 2 aromatic heterocycles. The Morgan fingerprint density at radius 1 is 1.03 bits per heavy atom. The molecule has 0 atom stereocenters. The number of nitriles is 1. The highest BCUT2D eigenvalue weighted by Crippen LogP contribution is 2.31. The van der Waals surface area contributed by atoms with E-state index in [2.05, 4.69) is 11.2 Å². The van der Waals surface area contributed by atoms with Gasteiger partial charge in [0.1, 0.15) is 17.3 Å². The second-order valence-electron chi connectivity index (χ2n) is 8.07. The monoisotopic (exact) mass is 422 g/mol. The number of furan rings is 1. The van der Waals surface area contributed by atoms with Crippen LogP contribution in [0.1, 0.15) is 55.2 Å². The van der Waals surface area contributed by atoms with Gasteiger partial charge < -0.3 is 4.42 Å². The minimum Gasteiger partial charge on any atom is -0.455 e. The van der Waals surface area contributed by atoms with Crippen LogP contribution in [-0.2, 0) is 0 Å². The first-order valence-electron chi connectivity index (χ1n) is 10.9. The standard InChI is InChI=1S/C26H22N4O2/c27-16-18-10-12-19(13-11-18)24-15-14-21(32-24)17-28-30-25(20-6-2-1-3-7-20)29-23-9-5-4-8-22(23)26(30)31/h4-5,8-15,17,20H,1-3,6-7H2. The molecule has 0 bridgehead atoms. The molecule has 1 aliphatic rings. The van der Waals surface area contributed by atoms with E-state index in [0.29, 0.717) is 28.0 Å². The molecule has 158 valence electrons. The van der Waals surface area contributed by atoms with E-state index in [1.165, 1.54) is 11.1 Å². The Bertz CT molecular complexity index is 1380. The number of hydrogen-bond acceptors (Lipinski definition) is 5. The lowest BCUT2D eigenvalue weighted by Gasteiger charge is -2.22. The maximum atomic E-state index is 13.3. The van der Waals surface area contributed by atoms with E-state index >= 15 is 0 Å². The maximum absolute atomic E-state index is 13.3. The van der Waals surface area contributed by atoms with Crippen molar-refractivity contribution in [1.82, 2.24) is 9.66 Å². The summed E-state index contributed by atoms with van der Waals surface area (Å²) in [7, 11) is 0. The first kappa shape index (κ1) is 20.0. The third-order valence-corrected chi connectivity index (χ3v) is 5.97. The zero-order valence-corrected chi connectivity index (χ0v) is 17.6. The van der Waals surface area contributed by atoms with Crippen LogP contribution in [0.5, 0.6) is 0 Å². The highest BCUT2D eigenvalue weighted by molar-refractivity contribution is 5.79. The van der Waals surface area contributed by atoms with Crippen LogP contribution in [0.2, 0.25) is 0 Å². The predicted octanol–water partition coefficient (Wildman–Crippen LogP) is 5.46. The molecule has 32 heavy (non-hydrogen) atoms. The summed E-state index contributed by atoms with van der Waals surface area (Å²) in [6, 6.07) is 20.4. The van der Waals surface area contributed by atoms with Crippen LogP contribution in [-0.4, -0.2) is 15.9 Å². The Kier molecular flexibility index (Phi) is 5.39. The SMILES string of the molecule is N#Cc1ccc(-c2ccc(C=Nn3c(C4CCCCC4)nc4ccccc4c3=O)o2)cc1. The molecule has 0 saturated heterocycles. The Morgan fingerprint density at radius 2 is 1.81 bits per heavy atom. The zero-order valence-electron chi connectivity index (χ0n) is 17.6. The molecule has 0 unspecified atom stereocenters. The molecule has 0 N–H and O–H groups in total. The van der Waals surface area contributed by atoms with Gasteiger partial charge in [-0.2, -0.15) is 15.0 Å². The first-order chi connectivity index (χ1) is 15.7. The fraction of sp³-hybridized carbons (Fsp3) is 0.231. The lowest BCUT2D eigenvalue weighted by Crippen LogP contribution is -2.25. The molecule has 1 fully saturated rings. The number of para-hydroxylation sites is 1. The predicted molar refractivity (Wildman–Crippen MR) is 124 cm³/mol. The second-order valence-corrected chi connectivity index (χ2v) is 8.07. The maximum Gasteiger partial charge on any atom is 0.282 e. The fourth-order valence-electron chi connectivity index (χ4n) is 4.28. The van der Waals surface area contributed by atoms with Crippen molar-refractivity contribution in [2.45, 2.75) is 38.0 Å². The van der Waals surface area contributed by atoms with Crippen molar-refractivity contribution < 1.29 is 4.42 Å². The number of fused-ring (bicyclic) bond motifs is 1. The molecule has 0 amide bonds. The van der Waals surface area contributed by atoms with Crippen LogP contribution in [0.3, 0.4) is 0 Å². The summed E-state index contributed by atoms with van der Waals surface area (Å²) >= 11 is 0. The summed E-state index contributed by atoms with van der Waals surface area (Å²) in [6.45, 7) is 0. The van der Waals surface area contributed by atoms with Crippen LogP contribution in [0.4, 0.5) is 0 Å². The number of hydrogen-bond donors (Lipinski definition) is 0. The summed E-state index contributed by atoms with van der Waals surface area (Å²) in [5.74, 6) is 2.17. The second kappa shape index (κ2) is 8.64. The van der Waals surface area contributed by atoms with Gasteiger partial charge in [0.15, 0.2) is 0 Å². The molecule has 0 spiro atoms. The number of nitrogens with zero attached hydrogens (tertiary/aromatic N) is 4. The van der Waals surface area contributed by atoms with E-state index in [4.69, 9.17) is 14.7 Å². The van der Waals surface area contributed by atoms with Crippen molar-refractivity contribution in [2.24, 2.45) is 5.10 Å². The van der Waals surface area contributed by atoms with E-state index in [0.717, 1.165) is 37.1 Å². The molecule has 0 radical (unpaired) electrons. The molecular weight excluding hydrogens is 400 g/mol. The lowest BCUT2D eigenvalue weighted by molar-refractivity contribution is 0.416. The molecule has 6 heteroatoms. The third kappa shape index (κ3) is 3.85. The van der Waals surface area contributed by atoms with Crippen molar-refractivity contribution in [1.29, 1.82) is 5.26 Å². The van der Waals surface area contributed by atoms with Crippen LogP contribution in [0, 0.1) is 11.3 Å². The number of aromatic nitrogens is 2. The fourth-order valence-corrected chi connectivity index (χ4v) is 4.28. The van der Waals surface area contributed by atoms with Gasteiger partial charge in [-0.1, -0.05) is 31.4 Å². The van der Waals surface area contributed by atoms with Crippen molar-refractivity contribution in [3.63, 3.8) is 0 Å². The van der Waals surface area contributed by atoms with Gasteiger partial charge in [0.25, 0.3) is 5.56 Å². The van der Waals surface area contributed by atoms with Crippen molar-refractivity contribution >= 4 is 17.1 Å². The Morgan fingerprint density at radius 3 is 2.59 bits per heavy atom. The summed E-state index contributed by atoms with van der Waals surface area (Å²) in [5, 5.41) is 14.0. The smallest absolute Gasteiger partial charge is 0.282 e. The van der Waals surface area contributed by atoms with Gasteiger partial charge in [-0.15, -0.1) is 0 Å². The van der Waals surface area contributed by atoms with Crippen LogP contribution in [0.15, 0.2) is 75.0 Å².